The molecule has 0 amide bonds. The van der Waals surface area contributed by atoms with Crippen molar-refractivity contribution in [1.82, 2.24) is 0 Å². The number of rotatable bonds is 9. The molecule has 0 aliphatic heterocycles. The van der Waals surface area contributed by atoms with Gasteiger partial charge in [0.2, 0.25) is 0 Å². The molecule has 0 fully saturated rings. The summed E-state index contributed by atoms with van der Waals surface area (Å²) in [5, 5.41) is 0.299. The van der Waals surface area contributed by atoms with E-state index < -0.39 is 17.8 Å². The average Bonchev–Trinajstić information content (AvgIpc) is 2.70. The van der Waals surface area contributed by atoms with E-state index >= 15 is 0 Å². The van der Waals surface area contributed by atoms with Crippen LogP contribution in [0.5, 0.6) is 17.2 Å². The summed E-state index contributed by atoms with van der Waals surface area (Å²) in [6.45, 7) is 1.14. The third kappa shape index (κ3) is 6.39. The molecule has 7 heteroatoms. The normalized spacial score (nSPS) is 11.6. The maximum Gasteiger partial charge on any atom is 0.387 e. The fourth-order valence-corrected chi connectivity index (χ4v) is 3.24. The van der Waals surface area contributed by atoms with Gasteiger partial charge in [-0.25, -0.2) is 4.39 Å². The lowest BCUT2D eigenvalue weighted by Crippen LogP contribution is -2.25. The Morgan fingerprint density at radius 1 is 0.935 bits per heavy atom. The molecule has 0 aliphatic carbocycles. The molecular formula is C24H22ClF3O3. The van der Waals surface area contributed by atoms with E-state index in [1.54, 1.807) is 48.5 Å². The Hall–Kier alpha value is -2.70. The summed E-state index contributed by atoms with van der Waals surface area (Å²) in [4.78, 5) is 0. The second kappa shape index (κ2) is 10.1. The lowest BCUT2D eigenvalue weighted by Gasteiger charge is -2.27. The van der Waals surface area contributed by atoms with Crippen LogP contribution in [0, 0.1) is 5.82 Å². The van der Waals surface area contributed by atoms with Crippen LogP contribution >= 0.6 is 11.6 Å². The highest BCUT2D eigenvalue weighted by molar-refractivity contribution is 6.30. The molecule has 0 bridgehead atoms. The standard InChI is InChI=1S/C24H22ClF3O3/c1-24(2,19-10-9-17(25)13-21(19)31-23(27)28)15-29-14-16-8-11-20(26)22(12-16)30-18-6-4-3-5-7-18/h3-13,23H,14-15H2,1-2H3. The summed E-state index contributed by atoms with van der Waals surface area (Å²) < 4.78 is 55.7. The molecule has 0 atom stereocenters. The molecule has 0 aliphatic rings. The van der Waals surface area contributed by atoms with Crippen LogP contribution in [0.4, 0.5) is 13.2 Å². The van der Waals surface area contributed by atoms with Gasteiger partial charge in [-0.1, -0.05) is 55.8 Å². The molecule has 0 saturated carbocycles. The van der Waals surface area contributed by atoms with Crippen molar-refractivity contribution in [2.45, 2.75) is 32.5 Å². The largest absolute Gasteiger partial charge is 0.454 e. The topological polar surface area (TPSA) is 27.7 Å². The monoisotopic (exact) mass is 450 g/mol. The first-order valence-electron chi connectivity index (χ1n) is 9.58. The van der Waals surface area contributed by atoms with Gasteiger partial charge in [-0.3, -0.25) is 0 Å². The second-order valence-electron chi connectivity index (χ2n) is 7.58. The van der Waals surface area contributed by atoms with E-state index in [4.69, 9.17) is 21.1 Å². The van der Waals surface area contributed by atoms with E-state index in [0.29, 0.717) is 21.9 Å². The lowest BCUT2D eigenvalue weighted by molar-refractivity contribution is -0.0514. The molecule has 3 aromatic rings. The van der Waals surface area contributed by atoms with Crippen LogP contribution in [0.2, 0.25) is 5.02 Å². The quantitative estimate of drug-likeness (QED) is 0.340. The van der Waals surface area contributed by atoms with E-state index in [1.165, 1.54) is 12.1 Å². The van der Waals surface area contributed by atoms with E-state index in [0.717, 1.165) is 0 Å². The Kier molecular flexibility index (Phi) is 7.46. The van der Waals surface area contributed by atoms with Crippen molar-refractivity contribution in [2.24, 2.45) is 0 Å². The number of hydrogen-bond acceptors (Lipinski definition) is 3. The van der Waals surface area contributed by atoms with E-state index in [2.05, 4.69) is 4.74 Å². The minimum absolute atomic E-state index is 0.0106. The third-order valence-corrected chi connectivity index (χ3v) is 4.82. The van der Waals surface area contributed by atoms with Gasteiger partial charge in [0.15, 0.2) is 11.6 Å². The molecule has 3 nitrogen and oxygen atoms in total. The number of hydrogen-bond donors (Lipinski definition) is 0. The number of alkyl halides is 2. The van der Waals surface area contributed by atoms with Crippen LogP contribution in [-0.2, 0) is 16.8 Å². The van der Waals surface area contributed by atoms with Crippen molar-refractivity contribution in [3.8, 4) is 17.2 Å². The summed E-state index contributed by atoms with van der Waals surface area (Å²) in [6.07, 6.45) is 0. The Balaban J connectivity index is 1.68. The van der Waals surface area contributed by atoms with E-state index in [-0.39, 0.29) is 24.7 Å². The summed E-state index contributed by atoms with van der Waals surface area (Å²) in [5.74, 6) is 0.145. The Bertz CT molecular complexity index is 1010. The molecule has 3 aromatic carbocycles. The maximum atomic E-state index is 14.1. The predicted octanol–water partition coefficient (Wildman–Crippen LogP) is 7.37. The maximum absolute atomic E-state index is 14.1. The first-order chi connectivity index (χ1) is 14.7. The van der Waals surface area contributed by atoms with Crippen LogP contribution in [0.15, 0.2) is 66.7 Å². The molecule has 0 N–H and O–H groups in total. The number of ether oxygens (including phenoxy) is 3. The van der Waals surface area contributed by atoms with Crippen LogP contribution < -0.4 is 9.47 Å². The molecule has 0 spiro atoms. The number of benzene rings is 3. The van der Waals surface area contributed by atoms with Crippen LogP contribution in [-0.4, -0.2) is 13.2 Å². The molecule has 0 saturated heterocycles. The van der Waals surface area contributed by atoms with Crippen LogP contribution in [0.1, 0.15) is 25.0 Å². The van der Waals surface area contributed by atoms with Crippen molar-refractivity contribution in [3.63, 3.8) is 0 Å². The smallest absolute Gasteiger partial charge is 0.387 e. The van der Waals surface area contributed by atoms with Gasteiger partial charge in [-0.2, -0.15) is 8.78 Å². The van der Waals surface area contributed by atoms with E-state index in [9.17, 15) is 13.2 Å². The summed E-state index contributed by atoms with van der Waals surface area (Å²) in [6, 6.07) is 18.0. The molecule has 164 valence electrons. The highest BCUT2D eigenvalue weighted by Gasteiger charge is 2.26. The average molecular weight is 451 g/mol. The van der Waals surface area contributed by atoms with Gasteiger partial charge in [0.25, 0.3) is 0 Å². The molecule has 3 rings (SSSR count). The Morgan fingerprint density at radius 2 is 1.68 bits per heavy atom. The zero-order chi connectivity index (χ0) is 22.4. The van der Waals surface area contributed by atoms with Gasteiger partial charge in [0.05, 0.1) is 13.2 Å². The van der Waals surface area contributed by atoms with Crippen LogP contribution in [0.3, 0.4) is 0 Å². The zero-order valence-corrected chi connectivity index (χ0v) is 17.8. The predicted molar refractivity (Wildman–Crippen MR) is 114 cm³/mol. The van der Waals surface area contributed by atoms with Gasteiger partial charge in [0.1, 0.15) is 11.5 Å². The van der Waals surface area contributed by atoms with E-state index in [1.807, 2.05) is 19.9 Å². The second-order valence-corrected chi connectivity index (χ2v) is 8.01. The molecule has 0 aromatic heterocycles. The van der Waals surface area contributed by atoms with Gasteiger partial charge in [-0.15, -0.1) is 0 Å². The first-order valence-corrected chi connectivity index (χ1v) is 9.96. The fourth-order valence-electron chi connectivity index (χ4n) is 3.08. The van der Waals surface area contributed by atoms with Gasteiger partial charge < -0.3 is 14.2 Å². The van der Waals surface area contributed by atoms with Crippen molar-refractivity contribution >= 4 is 11.6 Å². The number of halogens is 4. The Morgan fingerprint density at radius 3 is 2.39 bits per heavy atom. The highest BCUT2D eigenvalue weighted by Crippen LogP contribution is 2.35. The van der Waals surface area contributed by atoms with Crippen molar-refractivity contribution in [2.75, 3.05) is 6.61 Å². The third-order valence-electron chi connectivity index (χ3n) is 4.59. The van der Waals surface area contributed by atoms with Crippen LogP contribution in [0.25, 0.3) is 0 Å². The SMILES string of the molecule is CC(C)(COCc1ccc(F)c(Oc2ccccc2)c1)c1ccc(Cl)cc1OC(F)F. The Labute approximate surface area is 184 Å². The molecule has 0 unspecified atom stereocenters. The summed E-state index contributed by atoms with van der Waals surface area (Å²) in [5.41, 5.74) is 0.616. The fraction of sp³-hybridized carbons (Fsp3) is 0.250. The van der Waals surface area contributed by atoms with Gasteiger partial charge >= 0.3 is 6.61 Å². The van der Waals surface area contributed by atoms with Gasteiger partial charge in [-0.05, 0) is 42.0 Å². The van der Waals surface area contributed by atoms with Crippen molar-refractivity contribution < 1.29 is 27.4 Å². The van der Waals surface area contributed by atoms with Crippen molar-refractivity contribution in [3.05, 3.63) is 88.7 Å². The van der Waals surface area contributed by atoms with Gasteiger partial charge in [0, 0.05) is 16.0 Å². The molecular weight excluding hydrogens is 429 g/mol. The highest BCUT2D eigenvalue weighted by atomic mass is 35.5. The van der Waals surface area contributed by atoms with Crippen molar-refractivity contribution in [1.29, 1.82) is 0 Å². The molecule has 0 heterocycles. The molecule has 31 heavy (non-hydrogen) atoms. The summed E-state index contributed by atoms with van der Waals surface area (Å²) >= 11 is 5.92. The first kappa shape index (κ1) is 23.0. The lowest BCUT2D eigenvalue weighted by atomic mass is 9.85. The summed E-state index contributed by atoms with van der Waals surface area (Å²) in [7, 11) is 0. The zero-order valence-electron chi connectivity index (χ0n) is 17.1. The number of para-hydroxylation sites is 1. The molecule has 0 radical (unpaired) electrons. The minimum atomic E-state index is -2.96. The minimum Gasteiger partial charge on any atom is -0.454 e.